The van der Waals surface area contributed by atoms with E-state index in [1.165, 1.54) is 32.1 Å². The first-order valence-electron chi connectivity index (χ1n) is 10.7. The second kappa shape index (κ2) is 8.76. The minimum absolute atomic E-state index is 0.00342. The van der Waals surface area contributed by atoms with Crippen molar-refractivity contribution in [1.29, 1.82) is 0 Å². The summed E-state index contributed by atoms with van der Waals surface area (Å²) in [6.07, 6.45) is 12.2. The van der Waals surface area contributed by atoms with E-state index in [1.807, 2.05) is 30.5 Å². The highest BCUT2D eigenvalue weighted by Gasteiger charge is 2.28. The number of anilines is 1. The second-order valence-corrected chi connectivity index (χ2v) is 8.41. The number of nitrogens with one attached hydrogen (secondary N) is 2. The Morgan fingerprint density at radius 3 is 2.57 bits per heavy atom. The van der Waals surface area contributed by atoms with Gasteiger partial charge in [0.1, 0.15) is 0 Å². The van der Waals surface area contributed by atoms with Crippen LogP contribution in [0.2, 0.25) is 0 Å². The van der Waals surface area contributed by atoms with E-state index in [0.29, 0.717) is 18.2 Å². The molecule has 0 radical (unpaired) electrons. The standard InChI is InChI=1S/C22H30N4O2/c27-21(14-16-6-2-1-3-7-16)23-18-11-9-17(10-12-18)22(28)24-20-15-19-8-4-5-13-26(19)25-20/h4-5,8,13,15-18H,1-3,6-7,9-12,14H2,(H,23,27)(H,24,25,28). The van der Waals surface area contributed by atoms with Crippen molar-refractivity contribution in [2.75, 3.05) is 5.32 Å². The van der Waals surface area contributed by atoms with Gasteiger partial charge in [0.2, 0.25) is 11.8 Å². The summed E-state index contributed by atoms with van der Waals surface area (Å²) < 4.78 is 1.76. The molecular formula is C22H30N4O2. The molecule has 6 nitrogen and oxygen atoms in total. The van der Waals surface area contributed by atoms with Gasteiger partial charge in [-0.1, -0.05) is 25.3 Å². The van der Waals surface area contributed by atoms with Crippen LogP contribution in [-0.4, -0.2) is 27.5 Å². The van der Waals surface area contributed by atoms with Crippen molar-refractivity contribution in [3.8, 4) is 0 Å². The first-order valence-corrected chi connectivity index (χ1v) is 10.7. The lowest BCUT2D eigenvalue weighted by molar-refractivity contribution is -0.123. The average Bonchev–Trinajstić information content (AvgIpc) is 3.11. The fraction of sp³-hybridized carbons (Fsp3) is 0.591. The van der Waals surface area contributed by atoms with Crippen molar-refractivity contribution in [2.24, 2.45) is 11.8 Å². The molecule has 2 heterocycles. The van der Waals surface area contributed by atoms with Crippen LogP contribution in [0, 0.1) is 11.8 Å². The van der Waals surface area contributed by atoms with E-state index in [4.69, 9.17) is 0 Å². The summed E-state index contributed by atoms with van der Waals surface area (Å²) in [7, 11) is 0. The molecule has 2 aromatic heterocycles. The fourth-order valence-corrected chi connectivity index (χ4v) is 4.67. The van der Waals surface area contributed by atoms with E-state index in [2.05, 4.69) is 15.7 Å². The van der Waals surface area contributed by atoms with Gasteiger partial charge in [-0.2, -0.15) is 5.10 Å². The highest BCUT2D eigenvalue weighted by Crippen LogP contribution is 2.28. The Balaban J connectivity index is 1.22. The number of carbonyl (C=O) groups is 2. The Bertz CT molecular complexity index is 784. The predicted octanol–water partition coefficient (Wildman–Crippen LogP) is 3.92. The molecule has 28 heavy (non-hydrogen) atoms. The molecule has 0 atom stereocenters. The number of rotatable bonds is 5. The maximum atomic E-state index is 12.6. The van der Waals surface area contributed by atoms with Crippen molar-refractivity contribution < 1.29 is 9.59 Å². The number of hydrogen-bond acceptors (Lipinski definition) is 3. The molecule has 2 saturated carbocycles. The van der Waals surface area contributed by atoms with Crippen LogP contribution in [0.25, 0.3) is 5.52 Å². The Morgan fingerprint density at radius 2 is 1.82 bits per heavy atom. The minimum atomic E-state index is -0.00342. The van der Waals surface area contributed by atoms with Gasteiger partial charge in [-0.3, -0.25) is 9.59 Å². The average molecular weight is 383 g/mol. The molecular weight excluding hydrogens is 352 g/mol. The van der Waals surface area contributed by atoms with Gasteiger partial charge in [-0.15, -0.1) is 0 Å². The van der Waals surface area contributed by atoms with Crippen molar-refractivity contribution >= 4 is 23.1 Å². The van der Waals surface area contributed by atoms with E-state index in [-0.39, 0.29) is 23.8 Å². The summed E-state index contributed by atoms with van der Waals surface area (Å²) in [5.74, 6) is 1.40. The molecule has 0 unspecified atom stereocenters. The normalized spacial score (nSPS) is 23.4. The zero-order valence-electron chi connectivity index (χ0n) is 16.4. The van der Waals surface area contributed by atoms with E-state index in [9.17, 15) is 9.59 Å². The third-order valence-electron chi connectivity index (χ3n) is 6.28. The van der Waals surface area contributed by atoms with Crippen molar-refractivity contribution in [2.45, 2.75) is 70.3 Å². The topological polar surface area (TPSA) is 75.5 Å². The molecule has 0 aliphatic heterocycles. The molecule has 2 fully saturated rings. The molecule has 4 rings (SSSR count). The Labute approximate surface area is 166 Å². The van der Waals surface area contributed by atoms with Crippen LogP contribution in [0.1, 0.15) is 64.2 Å². The van der Waals surface area contributed by atoms with Crippen molar-refractivity contribution in [3.63, 3.8) is 0 Å². The Kier molecular flexibility index (Phi) is 5.93. The minimum Gasteiger partial charge on any atom is -0.353 e. The van der Waals surface area contributed by atoms with Crippen molar-refractivity contribution in [3.05, 3.63) is 30.5 Å². The molecule has 0 aromatic carbocycles. The largest absolute Gasteiger partial charge is 0.353 e. The summed E-state index contributed by atoms with van der Waals surface area (Å²) in [6.45, 7) is 0. The summed E-state index contributed by atoms with van der Waals surface area (Å²) in [5, 5.41) is 10.5. The first kappa shape index (κ1) is 19.0. The zero-order valence-corrected chi connectivity index (χ0v) is 16.4. The third kappa shape index (κ3) is 4.72. The molecule has 2 amide bonds. The van der Waals surface area contributed by atoms with Crippen molar-refractivity contribution in [1.82, 2.24) is 14.9 Å². The number of fused-ring (bicyclic) bond motifs is 1. The van der Waals surface area contributed by atoms with Gasteiger partial charge in [0, 0.05) is 30.6 Å². The second-order valence-electron chi connectivity index (χ2n) is 8.41. The van der Waals surface area contributed by atoms with Crippen LogP contribution in [0.4, 0.5) is 5.82 Å². The maximum Gasteiger partial charge on any atom is 0.228 e. The van der Waals surface area contributed by atoms with Gasteiger partial charge < -0.3 is 10.6 Å². The summed E-state index contributed by atoms with van der Waals surface area (Å²) in [6, 6.07) is 7.93. The number of amides is 2. The van der Waals surface area contributed by atoms with Gasteiger partial charge in [-0.25, -0.2) is 4.52 Å². The molecule has 2 aliphatic carbocycles. The maximum absolute atomic E-state index is 12.6. The van der Waals surface area contributed by atoms with Gasteiger partial charge in [0.05, 0.1) is 5.52 Å². The number of nitrogens with zero attached hydrogens (tertiary/aromatic N) is 2. The van der Waals surface area contributed by atoms with Gasteiger partial charge in [0.25, 0.3) is 0 Å². The van der Waals surface area contributed by atoms with Crippen LogP contribution in [0.15, 0.2) is 30.5 Å². The highest BCUT2D eigenvalue weighted by molar-refractivity contribution is 5.92. The smallest absolute Gasteiger partial charge is 0.228 e. The molecule has 0 saturated heterocycles. The molecule has 2 N–H and O–H groups in total. The third-order valence-corrected chi connectivity index (χ3v) is 6.28. The molecule has 2 aliphatic rings. The van der Waals surface area contributed by atoms with Crippen LogP contribution in [0.3, 0.4) is 0 Å². The fourth-order valence-electron chi connectivity index (χ4n) is 4.67. The molecule has 0 bridgehead atoms. The van der Waals surface area contributed by atoms with E-state index < -0.39 is 0 Å². The van der Waals surface area contributed by atoms with Crippen LogP contribution < -0.4 is 10.6 Å². The summed E-state index contributed by atoms with van der Waals surface area (Å²) in [4.78, 5) is 24.9. The number of pyridine rings is 1. The van der Waals surface area contributed by atoms with Gasteiger partial charge >= 0.3 is 0 Å². The summed E-state index contributed by atoms with van der Waals surface area (Å²) >= 11 is 0. The number of carbonyl (C=O) groups excluding carboxylic acids is 2. The monoisotopic (exact) mass is 382 g/mol. The molecule has 150 valence electrons. The lowest BCUT2D eigenvalue weighted by Gasteiger charge is -2.29. The van der Waals surface area contributed by atoms with Crippen LogP contribution in [0.5, 0.6) is 0 Å². The first-order chi connectivity index (χ1) is 13.7. The lowest BCUT2D eigenvalue weighted by atomic mass is 9.84. The lowest BCUT2D eigenvalue weighted by Crippen LogP contribution is -2.40. The summed E-state index contributed by atoms with van der Waals surface area (Å²) in [5.41, 5.74) is 0.960. The molecule has 2 aromatic rings. The zero-order chi connectivity index (χ0) is 19.3. The van der Waals surface area contributed by atoms with E-state index in [1.54, 1.807) is 4.52 Å². The molecule has 0 spiro atoms. The number of hydrogen-bond donors (Lipinski definition) is 2. The van der Waals surface area contributed by atoms with Crippen LogP contribution >= 0.6 is 0 Å². The Morgan fingerprint density at radius 1 is 1.04 bits per heavy atom. The Hall–Kier alpha value is -2.37. The number of aromatic nitrogens is 2. The van der Waals surface area contributed by atoms with E-state index >= 15 is 0 Å². The van der Waals surface area contributed by atoms with Gasteiger partial charge in [0.15, 0.2) is 5.82 Å². The predicted molar refractivity (Wildman–Crippen MR) is 109 cm³/mol. The SMILES string of the molecule is O=C(CC1CCCCC1)NC1CCC(C(=O)Nc2cc3ccccn3n2)CC1. The highest BCUT2D eigenvalue weighted by atomic mass is 16.2. The van der Waals surface area contributed by atoms with Crippen LogP contribution in [-0.2, 0) is 9.59 Å². The van der Waals surface area contributed by atoms with E-state index in [0.717, 1.165) is 31.2 Å². The quantitative estimate of drug-likeness (QED) is 0.823. The van der Waals surface area contributed by atoms with Gasteiger partial charge in [-0.05, 0) is 56.6 Å². The molecule has 6 heteroatoms.